The highest BCUT2D eigenvalue weighted by atomic mass is 16.9. The minimum Gasteiger partial charge on any atom is -0.338 e. The van der Waals surface area contributed by atoms with Crippen LogP contribution in [0.3, 0.4) is 0 Å². The van der Waals surface area contributed by atoms with Crippen LogP contribution in [0.15, 0.2) is 0 Å². The van der Waals surface area contributed by atoms with Gasteiger partial charge in [0.1, 0.15) is 13.2 Å². The molecule has 48 valence electrons. The van der Waals surface area contributed by atoms with Gasteiger partial charge < -0.3 is 14.2 Å². The van der Waals surface area contributed by atoms with Crippen molar-refractivity contribution in [3.63, 3.8) is 0 Å². The van der Waals surface area contributed by atoms with Gasteiger partial charge in [0.2, 0.25) is 12.1 Å². The van der Waals surface area contributed by atoms with Crippen LogP contribution in [0.5, 0.6) is 0 Å². The maximum absolute atomic E-state index is 5.00. The van der Waals surface area contributed by atoms with E-state index < -0.39 is 0 Å². The summed E-state index contributed by atoms with van der Waals surface area (Å²) in [7, 11) is 0. The fourth-order valence-electron chi connectivity index (χ4n) is 0.707. The van der Waals surface area contributed by atoms with Gasteiger partial charge in [0.15, 0.2) is 0 Å². The first-order valence-electron chi connectivity index (χ1n) is 2.74. The highest BCUT2D eigenvalue weighted by molar-refractivity contribution is 4.99. The maximum Gasteiger partial charge on any atom is 0.247 e. The van der Waals surface area contributed by atoms with Crippen molar-refractivity contribution in [2.24, 2.45) is 0 Å². The van der Waals surface area contributed by atoms with Crippen LogP contribution in [0.25, 0.3) is 0 Å². The van der Waals surface area contributed by atoms with E-state index in [1.165, 1.54) is 0 Å². The van der Waals surface area contributed by atoms with Gasteiger partial charge in [-0.1, -0.05) is 5.92 Å². The number of hydrogen-bond donors (Lipinski definition) is 0. The van der Waals surface area contributed by atoms with Gasteiger partial charge in [-0.2, -0.15) is 0 Å². The van der Waals surface area contributed by atoms with E-state index in [2.05, 4.69) is 5.92 Å². The van der Waals surface area contributed by atoms with E-state index >= 15 is 0 Å². The quantitative estimate of drug-likeness (QED) is 0.377. The Morgan fingerprint density at radius 2 is 2.67 bits per heavy atom. The van der Waals surface area contributed by atoms with Crippen molar-refractivity contribution in [1.82, 2.24) is 0 Å². The fraction of sp³-hybridized carbons (Fsp3) is 0.667. The molecule has 9 heavy (non-hydrogen) atoms. The van der Waals surface area contributed by atoms with Crippen LogP contribution in [0.4, 0.5) is 0 Å². The third kappa shape index (κ3) is 0.724. The molecular weight excluding hydrogens is 120 g/mol. The molecule has 3 heteroatoms. The van der Waals surface area contributed by atoms with Crippen molar-refractivity contribution in [3.8, 4) is 12.3 Å². The number of ether oxygens (including phenoxy) is 3. The number of hydrogen-bond acceptors (Lipinski definition) is 3. The summed E-state index contributed by atoms with van der Waals surface area (Å²) in [5, 5.41) is 0. The highest BCUT2D eigenvalue weighted by Crippen LogP contribution is 2.49. The van der Waals surface area contributed by atoms with Crippen LogP contribution in [0.2, 0.25) is 0 Å². The predicted octanol–water partition coefficient (Wildman–Crippen LogP) is -0.281. The van der Waals surface area contributed by atoms with Crippen LogP contribution >= 0.6 is 0 Å². The van der Waals surface area contributed by atoms with Crippen LogP contribution in [0, 0.1) is 12.3 Å². The van der Waals surface area contributed by atoms with Gasteiger partial charge in [0.25, 0.3) is 0 Å². The van der Waals surface area contributed by atoms with E-state index in [9.17, 15) is 0 Å². The molecule has 0 N–H and O–H groups in total. The van der Waals surface area contributed by atoms with Crippen molar-refractivity contribution in [1.29, 1.82) is 0 Å². The number of rotatable bonds is 2. The Labute approximate surface area is 52.9 Å². The molecule has 0 aromatic heterocycles. The Bertz CT molecular complexity index is 166. The van der Waals surface area contributed by atoms with Gasteiger partial charge in [-0.15, -0.1) is 6.42 Å². The molecule has 1 spiro atoms. The molecule has 2 unspecified atom stereocenters. The molecule has 0 aliphatic carbocycles. The van der Waals surface area contributed by atoms with Gasteiger partial charge in [-0.25, -0.2) is 0 Å². The van der Waals surface area contributed by atoms with Gasteiger partial charge in [-0.3, -0.25) is 0 Å². The number of terminal acetylenes is 1. The first-order valence-corrected chi connectivity index (χ1v) is 2.74. The van der Waals surface area contributed by atoms with Crippen molar-refractivity contribution < 1.29 is 14.2 Å². The van der Waals surface area contributed by atoms with Gasteiger partial charge in [0, 0.05) is 0 Å². The summed E-state index contributed by atoms with van der Waals surface area (Å²) in [6, 6.07) is 0. The SMILES string of the molecule is C#CCOC1OC12CO2. The lowest BCUT2D eigenvalue weighted by Crippen LogP contribution is -2.00. The lowest BCUT2D eigenvalue weighted by atomic mass is 10.5. The third-order valence-corrected chi connectivity index (χ3v) is 1.36. The Hall–Kier alpha value is -0.560. The Kier molecular flexibility index (Phi) is 0.862. The van der Waals surface area contributed by atoms with Crippen molar-refractivity contribution in [3.05, 3.63) is 0 Å². The van der Waals surface area contributed by atoms with Gasteiger partial charge in [0.05, 0.1) is 0 Å². The van der Waals surface area contributed by atoms with Crippen LogP contribution < -0.4 is 0 Å². The third-order valence-electron chi connectivity index (χ3n) is 1.36. The summed E-state index contributed by atoms with van der Waals surface area (Å²) >= 11 is 0. The summed E-state index contributed by atoms with van der Waals surface area (Å²) in [5.74, 6) is 2.00. The lowest BCUT2D eigenvalue weighted by Gasteiger charge is -1.86. The molecule has 3 nitrogen and oxygen atoms in total. The van der Waals surface area contributed by atoms with E-state index in [-0.39, 0.29) is 12.1 Å². The Balaban J connectivity index is 1.74. The summed E-state index contributed by atoms with van der Waals surface area (Å²) in [4.78, 5) is 0. The molecule has 2 aliphatic rings. The zero-order valence-electron chi connectivity index (χ0n) is 4.79. The van der Waals surface area contributed by atoms with E-state index in [4.69, 9.17) is 20.6 Å². The van der Waals surface area contributed by atoms with E-state index in [1.54, 1.807) is 0 Å². The molecule has 2 rings (SSSR count). The van der Waals surface area contributed by atoms with Gasteiger partial charge >= 0.3 is 0 Å². The second-order valence-corrected chi connectivity index (χ2v) is 2.07. The van der Waals surface area contributed by atoms with E-state index in [0.717, 1.165) is 0 Å². The molecule has 0 bridgehead atoms. The van der Waals surface area contributed by atoms with Crippen LogP contribution in [-0.4, -0.2) is 25.3 Å². The molecule has 2 heterocycles. The zero-order valence-corrected chi connectivity index (χ0v) is 4.79. The molecule has 2 fully saturated rings. The van der Waals surface area contributed by atoms with Crippen molar-refractivity contribution in [2.75, 3.05) is 13.2 Å². The first kappa shape index (κ1) is 5.24. The molecule has 0 aromatic rings. The average molecular weight is 126 g/mol. The second kappa shape index (κ2) is 1.48. The van der Waals surface area contributed by atoms with E-state index in [1.807, 2.05) is 0 Å². The first-order chi connectivity index (χ1) is 4.37. The topological polar surface area (TPSA) is 34.3 Å². The Morgan fingerprint density at radius 1 is 1.89 bits per heavy atom. The molecule has 0 amide bonds. The zero-order chi connectivity index (χ0) is 6.32. The second-order valence-electron chi connectivity index (χ2n) is 2.07. The maximum atomic E-state index is 5.00. The average Bonchev–Trinajstić information content (AvgIpc) is 2.72. The normalized spacial score (nSPS) is 44.6. The fourth-order valence-corrected chi connectivity index (χ4v) is 0.707. The molecule has 0 saturated carbocycles. The molecule has 0 radical (unpaired) electrons. The molecule has 2 atom stereocenters. The van der Waals surface area contributed by atoms with Gasteiger partial charge in [-0.05, 0) is 0 Å². The minimum atomic E-state index is -0.350. The summed E-state index contributed by atoms with van der Waals surface area (Å²) in [6.07, 6.45) is 4.76. The smallest absolute Gasteiger partial charge is 0.247 e. The van der Waals surface area contributed by atoms with Crippen molar-refractivity contribution >= 4 is 0 Å². The number of epoxide rings is 2. The molecule has 2 aliphatic heterocycles. The minimum absolute atomic E-state index is 0.187. The lowest BCUT2D eigenvalue weighted by molar-refractivity contribution is 0.0729. The van der Waals surface area contributed by atoms with E-state index in [0.29, 0.717) is 13.2 Å². The predicted molar refractivity (Wildman–Crippen MR) is 28.3 cm³/mol. The molecular formula is C6H6O3. The highest BCUT2D eigenvalue weighted by Gasteiger charge is 2.70. The molecule has 2 saturated heterocycles. The monoisotopic (exact) mass is 126 g/mol. The largest absolute Gasteiger partial charge is 0.338 e. The summed E-state index contributed by atoms with van der Waals surface area (Å²) < 4.78 is 14.9. The summed E-state index contributed by atoms with van der Waals surface area (Å²) in [5.41, 5.74) is 0. The van der Waals surface area contributed by atoms with Crippen LogP contribution in [-0.2, 0) is 14.2 Å². The Morgan fingerprint density at radius 3 is 3.11 bits per heavy atom. The summed E-state index contributed by atoms with van der Waals surface area (Å²) in [6.45, 7) is 0.956. The standard InChI is InChI=1S/C6H6O3/c1-2-3-7-5-6(9-5)4-8-6/h1,5H,3-4H2. The van der Waals surface area contributed by atoms with Crippen molar-refractivity contribution in [2.45, 2.75) is 12.1 Å². The van der Waals surface area contributed by atoms with Crippen LogP contribution in [0.1, 0.15) is 0 Å². The molecule has 0 aromatic carbocycles.